The maximum absolute atomic E-state index is 9.11. The van der Waals surface area contributed by atoms with Gasteiger partial charge < -0.3 is 9.47 Å². The first-order valence-electron chi connectivity index (χ1n) is 7.45. The highest BCUT2D eigenvalue weighted by molar-refractivity contribution is 5.71. The van der Waals surface area contributed by atoms with Crippen LogP contribution in [-0.2, 0) is 0 Å². The molecule has 0 fully saturated rings. The summed E-state index contributed by atoms with van der Waals surface area (Å²) in [6.45, 7) is 1.95. The van der Waals surface area contributed by atoms with Crippen molar-refractivity contribution in [2.45, 2.75) is 6.92 Å². The molecule has 5 nitrogen and oxygen atoms in total. The van der Waals surface area contributed by atoms with Crippen LogP contribution in [-0.4, -0.2) is 23.8 Å². The highest BCUT2D eigenvalue weighted by Crippen LogP contribution is 2.37. The van der Waals surface area contributed by atoms with Crippen LogP contribution >= 0.6 is 0 Å². The molecule has 1 heterocycles. The van der Waals surface area contributed by atoms with E-state index in [0.717, 1.165) is 34.1 Å². The number of rotatable bonds is 4. The lowest BCUT2D eigenvalue weighted by Gasteiger charge is -2.15. The van der Waals surface area contributed by atoms with Crippen molar-refractivity contribution in [3.05, 3.63) is 59.9 Å². The molecule has 0 atom stereocenters. The van der Waals surface area contributed by atoms with E-state index in [4.69, 9.17) is 14.7 Å². The van der Waals surface area contributed by atoms with Crippen molar-refractivity contribution in [3.8, 4) is 34.6 Å². The number of aromatic nitrogens is 2. The van der Waals surface area contributed by atoms with E-state index in [1.165, 1.54) is 0 Å². The minimum Gasteiger partial charge on any atom is -0.496 e. The number of ether oxygens (including phenoxy) is 2. The molecular weight excluding hydrogens is 302 g/mol. The monoisotopic (exact) mass is 319 g/mol. The van der Waals surface area contributed by atoms with Gasteiger partial charge in [-0.15, -0.1) is 0 Å². The molecular formula is C19H17N3O2. The summed E-state index contributed by atoms with van der Waals surface area (Å²) in [7, 11) is 3.27. The first kappa shape index (κ1) is 15.6. The first-order valence-corrected chi connectivity index (χ1v) is 7.45. The molecule has 0 saturated carbocycles. The molecule has 1 aromatic heterocycles. The van der Waals surface area contributed by atoms with Crippen LogP contribution in [0, 0.1) is 18.3 Å². The first-order chi connectivity index (χ1) is 11.7. The van der Waals surface area contributed by atoms with Crippen molar-refractivity contribution in [1.82, 2.24) is 9.55 Å². The third kappa shape index (κ3) is 2.59. The van der Waals surface area contributed by atoms with E-state index in [2.05, 4.69) is 11.1 Å². The van der Waals surface area contributed by atoms with Crippen LogP contribution < -0.4 is 9.47 Å². The topological polar surface area (TPSA) is 60.1 Å². The Morgan fingerprint density at radius 3 is 2.67 bits per heavy atom. The standard InChI is InChI=1S/C19H17N3O2/c1-13-17(23-2)8-7-16(18(13)24-3)19-21-9-10-22(19)15-6-4-5-14(11-15)12-20/h4-11H,1-3H3. The Morgan fingerprint density at radius 2 is 1.96 bits per heavy atom. The van der Waals surface area contributed by atoms with Crippen molar-refractivity contribution in [2.75, 3.05) is 14.2 Å². The maximum atomic E-state index is 9.11. The zero-order valence-corrected chi connectivity index (χ0v) is 13.8. The Morgan fingerprint density at radius 1 is 1.12 bits per heavy atom. The Kier molecular flexibility index (Phi) is 4.21. The van der Waals surface area contributed by atoms with Crippen LogP contribution in [0.3, 0.4) is 0 Å². The highest BCUT2D eigenvalue weighted by atomic mass is 16.5. The van der Waals surface area contributed by atoms with Gasteiger partial charge in [-0.2, -0.15) is 5.26 Å². The molecule has 5 heteroatoms. The number of nitrogens with zero attached hydrogens (tertiary/aromatic N) is 3. The molecule has 24 heavy (non-hydrogen) atoms. The van der Waals surface area contributed by atoms with Crippen molar-refractivity contribution in [1.29, 1.82) is 5.26 Å². The molecule has 0 aliphatic heterocycles. The highest BCUT2D eigenvalue weighted by Gasteiger charge is 2.17. The quantitative estimate of drug-likeness (QED) is 0.735. The number of methoxy groups -OCH3 is 2. The molecule has 0 N–H and O–H groups in total. The Labute approximate surface area is 140 Å². The second kappa shape index (κ2) is 6.47. The smallest absolute Gasteiger partial charge is 0.148 e. The fraction of sp³-hybridized carbons (Fsp3) is 0.158. The van der Waals surface area contributed by atoms with Gasteiger partial charge in [-0.05, 0) is 37.3 Å². The molecule has 0 radical (unpaired) electrons. The van der Waals surface area contributed by atoms with Gasteiger partial charge >= 0.3 is 0 Å². The van der Waals surface area contributed by atoms with Crippen molar-refractivity contribution in [2.24, 2.45) is 0 Å². The summed E-state index contributed by atoms with van der Waals surface area (Å²) in [6, 6.07) is 13.4. The molecule has 0 amide bonds. The predicted octanol–water partition coefficient (Wildman–Crippen LogP) is 3.74. The molecule has 0 saturated heterocycles. The van der Waals surface area contributed by atoms with Crippen LogP contribution in [0.15, 0.2) is 48.8 Å². The Hall–Kier alpha value is -3.26. The van der Waals surface area contributed by atoms with E-state index < -0.39 is 0 Å². The van der Waals surface area contributed by atoms with Crippen LogP contribution in [0.5, 0.6) is 11.5 Å². The lowest BCUT2D eigenvalue weighted by molar-refractivity contribution is 0.389. The molecule has 0 unspecified atom stereocenters. The molecule has 0 bridgehead atoms. The van der Waals surface area contributed by atoms with Crippen LogP contribution in [0.1, 0.15) is 11.1 Å². The second-order valence-electron chi connectivity index (χ2n) is 5.26. The Balaban J connectivity index is 2.18. The number of benzene rings is 2. The fourth-order valence-electron chi connectivity index (χ4n) is 2.77. The lowest BCUT2D eigenvalue weighted by atomic mass is 10.1. The average Bonchev–Trinajstić information content (AvgIpc) is 3.11. The molecule has 3 aromatic rings. The lowest BCUT2D eigenvalue weighted by Crippen LogP contribution is -2.00. The molecule has 2 aromatic carbocycles. The summed E-state index contributed by atoms with van der Waals surface area (Å²) in [5.41, 5.74) is 3.25. The van der Waals surface area contributed by atoms with Crippen LogP contribution in [0.25, 0.3) is 17.1 Å². The van der Waals surface area contributed by atoms with Crippen LogP contribution in [0.2, 0.25) is 0 Å². The number of imidazole rings is 1. The molecule has 0 aliphatic rings. The van der Waals surface area contributed by atoms with Gasteiger partial charge in [-0.1, -0.05) is 6.07 Å². The third-order valence-corrected chi connectivity index (χ3v) is 3.92. The molecule has 0 spiro atoms. The fourth-order valence-corrected chi connectivity index (χ4v) is 2.77. The zero-order valence-electron chi connectivity index (χ0n) is 13.8. The summed E-state index contributed by atoms with van der Waals surface area (Å²) in [5.74, 6) is 2.23. The zero-order chi connectivity index (χ0) is 17.1. The van der Waals surface area contributed by atoms with Gasteiger partial charge in [0.2, 0.25) is 0 Å². The van der Waals surface area contributed by atoms with Gasteiger partial charge in [0.1, 0.15) is 17.3 Å². The van der Waals surface area contributed by atoms with Gasteiger partial charge in [0, 0.05) is 23.6 Å². The van der Waals surface area contributed by atoms with Crippen LogP contribution in [0.4, 0.5) is 0 Å². The van der Waals surface area contributed by atoms with Gasteiger partial charge in [0.05, 0.1) is 31.4 Å². The molecule has 120 valence electrons. The summed E-state index contributed by atoms with van der Waals surface area (Å²) in [6.07, 6.45) is 3.60. The predicted molar refractivity (Wildman–Crippen MR) is 91.6 cm³/mol. The third-order valence-electron chi connectivity index (χ3n) is 3.92. The van der Waals surface area contributed by atoms with E-state index >= 15 is 0 Å². The summed E-state index contributed by atoms with van der Waals surface area (Å²) < 4.78 is 12.9. The SMILES string of the molecule is COc1ccc(-c2nccn2-c2cccc(C#N)c2)c(OC)c1C. The van der Waals surface area contributed by atoms with E-state index in [-0.39, 0.29) is 0 Å². The normalized spacial score (nSPS) is 10.2. The van der Waals surface area contributed by atoms with Crippen molar-refractivity contribution < 1.29 is 9.47 Å². The van der Waals surface area contributed by atoms with Gasteiger partial charge in [0.15, 0.2) is 0 Å². The minimum absolute atomic E-state index is 0.602. The van der Waals surface area contributed by atoms with E-state index in [9.17, 15) is 0 Å². The largest absolute Gasteiger partial charge is 0.496 e. The van der Waals surface area contributed by atoms with Gasteiger partial charge in [-0.3, -0.25) is 4.57 Å². The second-order valence-corrected chi connectivity index (χ2v) is 5.26. The van der Waals surface area contributed by atoms with Crippen molar-refractivity contribution in [3.63, 3.8) is 0 Å². The summed E-state index contributed by atoms with van der Waals surface area (Å²) in [5, 5.41) is 9.11. The van der Waals surface area contributed by atoms with E-state index in [1.807, 2.05) is 48.0 Å². The summed E-state index contributed by atoms with van der Waals surface area (Å²) >= 11 is 0. The van der Waals surface area contributed by atoms with Gasteiger partial charge in [-0.25, -0.2) is 4.98 Å². The number of hydrogen-bond acceptors (Lipinski definition) is 4. The molecule has 0 aliphatic carbocycles. The minimum atomic E-state index is 0.602. The molecule has 3 rings (SSSR count). The summed E-state index contributed by atoms with van der Waals surface area (Å²) in [4.78, 5) is 4.48. The van der Waals surface area contributed by atoms with E-state index in [0.29, 0.717) is 5.56 Å². The van der Waals surface area contributed by atoms with Gasteiger partial charge in [0.25, 0.3) is 0 Å². The van der Waals surface area contributed by atoms with E-state index in [1.54, 1.807) is 26.5 Å². The number of hydrogen-bond donors (Lipinski definition) is 0. The Bertz CT molecular complexity index is 923. The average molecular weight is 319 g/mol. The maximum Gasteiger partial charge on any atom is 0.148 e. The number of nitriles is 1. The van der Waals surface area contributed by atoms with Crippen molar-refractivity contribution >= 4 is 0 Å².